The molecule has 0 amide bonds. The third-order valence-electron chi connectivity index (χ3n) is 3.24. The normalized spacial score (nSPS) is 21.5. The lowest BCUT2D eigenvalue weighted by molar-refractivity contribution is 0.691. The van der Waals surface area contributed by atoms with Crippen LogP contribution in [0.4, 0.5) is 5.82 Å². The molecule has 0 saturated heterocycles. The molecule has 0 radical (unpaired) electrons. The number of nitrogens with two attached hydrogens (primary N) is 1. The zero-order valence-corrected chi connectivity index (χ0v) is 8.66. The lowest BCUT2D eigenvalue weighted by atomic mass is 10.3. The fraction of sp³-hybridized carbons (Fsp3) is 0.727. The lowest BCUT2D eigenvalue weighted by Gasteiger charge is -2.06. The van der Waals surface area contributed by atoms with E-state index in [1.165, 1.54) is 31.5 Å². The summed E-state index contributed by atoms with van der Waals surface area (Å²) in [6, 6.07) is 0.679. The molecule has 76 valence electrons. The Bertz CT molecular complexity index is 359. The van der Waals surface area contributed by atoms with Gasteiger partial charge in [0.05, 0.1) is 5.69 Å². The van der Waals surface area contributed by atoms with E-state index in [9.17, 15) is 0 Å². The first kappa shape index (κ1) is 8.33. The summed E-state index contributed by atoms with van der Waals surface area (Å²) in [6.45, 7) is 2.13. The van der Waals surface area contributed by atoms with Crippen LogP contribution in [0.3, 0.4) is 0 Å². The first-order valence-electron chi connectivity index (χ1n) is 5.67. The van der Waals surface area contributed by atoms with Crippen LogP contribution in [0.5, 0.6) is 0 Å². The summed E-state index contributed by atoms with van der Waals surface area (Å²) >= 11 is 0. The minimum absolute atomic E-state index is 0.679. The number of nitrogens with zero attached hydrogens (tertiary/aromatic N) is 2. The molecule has 1 heterocycles. The van der Waals surface area contributed by atoms with E-state index in [0.29, 0.717) is 6.04 Å². The average Bonchev–Trinajstić information content (AvgIpc) is 3.03. The van der Waals surface area contributed by atoms with Crippen LogP contribution in [0.15, 0.2) is 0 Å². The van der Waals surface area contributed by atoms with E-state index in [0.717, 1.165) is 23.9 Å². The van der Waals surface area contributed by atoms with Crippen LogP contribution < -0.4 is 5.73 Å². The number of nitrogen functional groups attached to an aromatic ring is 1. The zero-order chi connectivity index (χ0) is 9.71. The number of anilines is 1. The molecule has 0 atom stereocenters. The Hall–Kier alpha value is -0.990. The van der Waals surface area contributed by atoms with Gasteiger partial charge in [-0.15, -0.1) is 0 Å². The highest BCUT2D eigenvalue weighted by molar-refractivity contribution is 5.41. The molecule has 0 spiro atoms. The molecule has 2 saturated carbocycles. The van der Waals surface area contributed by atoms with Gasteiger partial charge in [-0.1, -0.05) is 6.92 Å². The van der Waals surface area contributed by atoms with E-state index >= 15 is 0 Å². The van der Waals surface area contributed by atoms with Crippen molar-refractivity contribution < 1.29 is 0 Å². The second kappa shape index (κ2) is 2.75. The molecule has 1 aromatic heterocycles. The number of aromatic nitrogens is 2. The molecule has 0 aliphatic heterocycles. The molecule has 0 unspecified atom stereocenters. The third kappa shape index (κ3) is 1.15. The van der Waals surface area contributed by atoms with Crippen LogP contribution in [0.2, 0.25) is 0 Å². The monoisotopic (exact) mass is 191 g/mol. The Morgan fingerprint density at radius 2 is 2.07 bits per heavy atom. The zero-order valence-electron chi connectivity index (χ0n) is 8.66. The summed E-state index contributed by atoms with van der Waals surface area (Å²) in [5.74, 6) is 2.94. The summed E-state index contributed by atoms with van der Waals surface area (Å²) < 4.78 is 2.32. The first-order valence-corrected chi connectivity index (χ1v) is 5.67. The van der Waals surface area contributed by atoms with Crippen LogP contribution >= 0.6 is 0 Å². The molecule has 2 N–H and O–H groups in total. The van der Waals surface area contributed by atoms with Gasteiger partial charge in [-0.3, -0.25) is 0 Å². The third-order valence-corrected chi connectivity index (χ3v) is 3.24. The van der Waals surface area contributed by atoms with Crippen molar-refractivity contribution in [2.24, 2.45) is 0 Å². The van der Waals surface area contributed by atoms with Crippen LogP contribution in [0.1, 0.15) is 56.1 Å². The highest BCUT2D eigenvalue weighted by Crippen LogP contribution is 2.46. The number of imidazole rings is 1. The number of rotatable bonds is 3. The smallest absolute Gasteiger partial charge is 0.127 e. The van der Waals surface area contributed by atoms with Gasteiger partial charge in [-0.05, 0) is 32.1 Å². The van der Waals surface area contributed by atoms with Gasteiger partial charge in [0.1, 0.15) is 11.6 Å². The Balaban J connectivity index is 2.06. The van der Waals surface area contributed by atoms with Crippen molar-refractivity contribution in [3.63, 3.8) is 0 Å². The van der Waals surface area contributed by atoms with Gasteiger partial charge in [0.2, 0.25) is 0 Å². The van der Waals surface area contributed by atoms with E-state index in [1.807, 2.05) is 0 Å². The molecular formula is C11H17N3. The summed E-state index contributed by atoms with van der Waals surface area (Å²) in [6.07, 6.45) is 6.18. The van der Waals surface area contributed by atoms with Crippen molar-refractivity contribution in [2.75, 3.05) is 5.73 Å². The van der Waals surface area contributed by atoms with Crippen molar-refractivity contribution in [1.29, 1.82) is 0 Å². The predicted molar refractivity (Wildman–Crippen MR) is 56.3 cm³/mol. The first-order chi connectivity index (χ1) is 6.81. The molecular weight excluding hydrogens is 174 g/mol. The largest absolute Gasteiger partial charge is 0.384 e. The van der Waals surface area contributed by atoms with Crippen molar-refractivity contribution in [1.82, 2.24) is 9.55 Å². The molecule has 3 rings (SSSR count). The van der Waals surface area contributed by atoms with Gasteiger partial charge in [-0.2, -0.15) is 0 Å². The quantitative estimate of drug-likeness (QED) is 0.796. The topological polar surface area (TPSA) is 43.8 Å². The number of hydrogen-bond donors (Lipinski definition) is 1. The molecule has 0 bridgehead atoms. The standard InChI is InChI=1S/C11H17N3/c1-2-9-10(12)14(8-5-6-8)11(13-9)7-3-4-7/h7-8H,2-6,12H2,1H3. The number of hydrogen-bond acceptors (Lipinski definition) is 2. The van der Waals surface area contributed by atoms with Crippen molar-refractivity contribution in [2.45, 2.75) is 51.0 Å². The molecule has 1 aromatic rings. The molecule has 3 nitrogen and oxygen atoms in total. The van der Waals surface area contributed by atoms with E-state index in [1.54, 1.807) is 0 Å². The highest BCUT2D eigenvalue weighted by atomic mass is 15.2. The Labute approximate surface area is 84.3 Å². The Morgan fingerprint density at radius 3 is 2.57 bits per heavy atom. The van der Waals surface area contributed by atoms with Gasteiger partial charge < -0.3 is 10.3 Å². The van der Waals surface area contributed by atoms with Crippen molar-refractivity contribution >= 4 is 5.82 Å². The summed E-state index contributed by atoms with van der Waals surface area (Å²) in [5.41, 5.74) is 7.23. The molecule has 2 fully saturated rings. The van der Waals surface area contributed by atoms with Gasteiger partial charge in [0.15, 0.2) is 0 Å². The van der Waals surface area contributed by atoms with Crippen molar-refractivity contribution in [3.8, 4) is 0 Å². The number of aryl methyl sites for hydroxylation is 1. The van der Waals surface area contributed by atoms with Crippen LogP contribution in [-0.4, -0.2) is 9.55 Å². The van der Waals surface area contributed by atoms with E-state index in [4.69, 9.17) is 5.73 Å². The van der Waals surface area contributed by atoms with Crippen LogP contribution in [-0.2, 0) is 6.42 Å². The van der Waals surface area contributed by atoms with Gasteiger partial charge in [0, 0.05) is 12.0 Å². The second-order valence-corrected chi connectivity index (χ2v) is 4.53. The van der Waals surface area contributed by atoms with E-state index in [-0.39, 0.29) is 0 Å². The van der Waals surface area contributed by atoms with Gasteiger partial charge in [0.25, 0.3) is 0 Å². The molecule has 2 aliphatic carbocycles. The second-order valence-electron chi connectivity index (χ2n) is 4.53. The fourth-order valence-corrected chi connectivity index (χ4v) is 2.12. The summed E-state index contributed by atoms with van der Waals surface area (Å²) in [4.78, 5) is 4.69. The minimum Gasteiger partial charge on any atom is -0.384 e. The van der Waals surface area contributed by atoms with E-state index < -0.39 is 0 Å². The SMILES string of the molecule is CCc1nc(C2CC2)n(C2CC2)c1N. The van der Waals surface area contributed by atoms with Gasteiger partial charge >= 0.3 is 0 Å². The Morgan fingerprint density at radius 1 is 1.36 bits per heavy atom. The molecule has 14 heavy (non-hydrogen) atoms. The van der Waals surface area contributed by atoms with Gasteiger partial charge in [-0.25, -0.2) is 4.98 Å². The maximum absolute atomic E-state index is 6.12. The lowest BCUT2D eigenvalue weighted by Crippen LogP contribution is -2.04. The molecule has 2 aliphatic rings. The van der Waals surface area contributed by atoms with Crippen LogP contribution in [0.25, 0.3) is 0 Å². The Kier molecular flexibility index (Phi) is 1.64. The fourth-order valence-electron chi connectivity index (χ4n) is 2.12. The van der Waals surface area contributed by atoms with Crippen LogP contribution in [0, 0.1) is 0 Å². The average molecular weight is 191 g/mol. The van der Waals surface area contributed by atoms with Crippen molar-refractivity contribution in [3.05, 3.63) is 11.5 Å². The maximum Gasteiger partial charge on any atom is 0.127 e. The maximum atomic E-state index is 6.12. The van der Waals surface area contributed by atoms with E-state index in [2.05, 4.69) is 16.5 Å². The minimum atomic E-state index is 0.679. The molecule has 3 heteroatoms. The summed E-state index contributed by atoms with van der Waals surface area (Å²) in [5, 5.41) is 0. The highest BCUT2D eigenvalue weighted by Gasteiger charge is 2.35. The predicted octanol–water partition coefficient (Wildman–Crippen LogP) is 2.24. The molecule has 0 aromatic carbocycles. The summed E-state index contributed by atoms with van der Waals surface area (Å²) in [7, 11) is 0.